The van der Waals surface area contributed by atoms with Crippen molar-refractivity contribution in [1.29, 1.82) is 0 Å². The number of aromatic nitrogens is 1. The molecule has 0 unspecified atom stereocenters. The molecule has 0 N–H and O–H groups in total. The van der Waals surface area contributed by atoms with Crippen molar-refractivity contribution in [2.75, 3.05) is 0 Å². The molecule has 3 heterocycles. The van der Waals surface area contributed by atoms with Crippen molar-refractivity contribution >= 4 is 85.6 Å². The summed E-state index contributed by atoms with van der Waals surface area (Å²) in [5.41, 5.74) is 5.03. The van der Waals surface area contributed by atoms with Crippen LogP contribution < -0.4 is 21.1 Å². The van der Waals surface area contributed by atoms with Gasteiger partial charge in [-0.1, -0.05) is 0 Å². The number of para-hydroxylation sites is 2. The number of hydrogen-bond donors (Lipinski definition) is 0. The van der Waals surface area contributed by atoms with Crippen LogP contribution >= 0.6 is 40.6 Å². The first kappa shape index (κ1) is 20.9. The molecule has 2 aliphatic rings. The second-order valence-electron chi connectivity index (χ2n) is 8.13. The molecular weight excluding hydrogens is 673 g/mol. The van der Waals surface area contributed by atoms with Gasteiger partial charge in [0.25, 0.3) is 0 Å². The SMILES string of the molecule is FI(F)N=I(F)(F)c1ccc2c3c1c1ccccc1n3-c1cccc3c1B2c1ccccc1O3. The standard InChI is InChI=1S/C24H13BF4I2N2O/c26-30(27)32-31(28,29)17-13-12-16-24-22(17)14-6-1-3-8-18(14)33(24)19-9-5-11-21-23(19)25(16)15-7-2-4-10-20(15)34-21/h1-13H. The molecule has 10 heteroatoms. The van der Waals surface area contributed by atoms with Gasteiger partial charge in [-0.3, -0.25) is 0 Å². The summed E-state index contributed by atoms with van der Waals surface area (Å²) < 4.78 is 67.5. The molecule has 2 aliphatic heterocycles. The van der Waals surface area contributed by atoms with Crippen molar-refractivity contribution in [3.05, 3.63) is 82.4 Å². The summed E-state index contributed by atoms with van der Waals surface area (Å²) in [5, 5.41) is 0.965. The van der Waals surface area contributed by atoms with Crippen molar-refractivity contribution in [2.24, 2.45) is 1.36 Å². The minimum atomic E-state index is -6.22. The Hall–Kier alpha value is -2.48. The summed E-state index contributed by atoms with van der Waals surface area (Å²) in [4.78, 5) is 0. The predicted molar refractivity (Wildman–Crippen MR) is 146 cm³/mol. The molecule has 0 bridgehead atoms. The van der Waals surface area contributed by atoms with Gasteiger partial charge in [-0.05, 0) is 0 Å². The number of nitrogens with zero attached hydrogens (tertiary/aromatic N) is 2. The van der Waals surface area contributed by atoms with Crippen LogP contribution in [0.4, 0.5) is 11.4 Å². The molecule has 170 valence electrons. The first-order valence-corrected chi connectivity index (χ1v) is 16.6. The quantitative estimate of drug-likeness (QED) is 0.109. The third-order valence-corrected chi connectivity index (χ3v) is 14.5. The molecule has 0 aliphatic carbocycles. The third-order valence-electron chi connectivity index (χ3n) is 6.50. The summed E-state index contributed by atoms with van der Waals surface area (Å²) in [5.74, 6) is 1.45. The van der Waals surface area contributed by atoms with Crippen molar-refractivity contribution in [1.82, 2.24) is 4.57 Å². The van der Waals surface area contributed by atoms with Gasteiger partial charge in [0.1, 0.15) is 0 Å². The Morgan fingerprint density at radius 1 is 0.824 bits per heavy atom. The summed E-state index contributed by atoms with van der Waals surface area (Å²) in [6, 6.07) is 23.8. The van der Waals surface area contributed by atoms with Crippen LogP contribution in [0.15, 0.2) is 80.2 Å². The molecule has 0 atom stereocenters. The van der Waals surface area contributed by atoms with E-state index in [0.717, 1.165) is 39.1 Å². The number of ether oxygens (including phenoxy) is 1. The van der Waals surface area contributed by atoms with Gasteiger partial charge in [-0.15, -0.1) is 0 Å². The monoisotopic (exact) mass is 686 g/mol. The van der Waals surface area contributed by atoms with Gasteiger partial charge in [-0.25, -0.2) is 0 Å². The second kappa shape index (κ2) is 7.26. The van der Waals surface area contributed by atoms with E-state index in [1.165, 1.54) is 6.07 Å². The molecule has 0 amide bonds. The summed E-state index contributed by atoms with van der Waals surface area (Å²) >= 11 is -11.2. The van der Waals surface area contributed by atoms with Crippen LogP contribution in [0.25, 0.3) is 27.5 Å². The maximum absolute atomic E-state index is 15.3. The first-order chi connectivity index (χ1) is 16.5. The zero-order valence-corrected chi connectivity index (χ0v) is 21.5. The molecule has 0 spiro atoms. The zero-order valence-electron chi connectivity index (χ0n) is 17.2. The van der Waals surface area contributed by atoms with E-state index in [-0.39, 0.29) is 10.3 Å². The van der Waals surface area contributed by atoms with Crippen LogP contribution in [0.3, 0.4) is 0 Å². The Morgan fingerprint density at radius 3 is 2.44 bits per heavy atom. The van der Waals surface area contributed by atoms with Crippen LogP contribution in [0.5, 0.6) is 11.5 Å². The van der Waals surface area contributed by atoms with E-state index in [0.29, 0.717) is 16.3 Å². The molecule has 7 rings (SSSR count). The topological polar surface area (TPSA) is 26.5 Å². The van der Waals surface area contributed by atoms with Crippen LogP contribution in [-0.2, 0) is 0 Å². The van der Waals surface area contributed by atoms with E-state index in [1.807, 2.05) is 59.2 Å². The molecule has 4 aromatic carbocycles. The second-order valence-corrected chi connectivity index (χ2v) is 15.5. The Bertz CT molecular complexity index is 1730. The third kappa shape index (κ3) is 2.75. The zero-order chi connectivity index (χ0) is 23.2. The van der Waals surface area contributed by atoms with Crippen molar-refractivity contribution < 1.29 is 16.2 Å². The van der Waals surface area contributed by atoms with Crippen LogP contribution in [0.1, 0.15) is 0 Å². The molecule has 1 aromatic heterocycles. The molecule has 0 saturated heterocycles. The fourth-order valence-electron chi connectivity index (χ4n) is 5.36. The average Bonchev–Trinajstić information content (AvgIpc) is 3.16. The number of rotatable bonds is 2. The maximum atomic E-state index is 15.3. The van der Waals surface area contributed by atoms with Gasteiger partial charge in [0.2, 0.25) is 0 Å². The van der Waals surface area contributed by atoms with Gasteiger partial charge in [0.05, 0.1) is 0 Å². The fourth-order valence-corrected chi connectivity index (χ4v) is 11.4. The molecule has 0 radical (unpaired) electrons. The molecule has 3 nitrogen and oxygen atoms in total. The van der Waals surface area contributed by atoms with Gasteiger partial charge in [0.15, 0.2) is 0 Å². The van der Waals surface area contributed by atoms with Crippen LogP contribution in [0, 0.1) is 3.57 Å². The van der Waals surface area contributed by atoms with E-state index >= 15 is 5.72 Å². The number of fused-ring (bicyclic) bond motifs is 7. The Kier molecular flexibility index (Phi) is 4.46. The van der Waals surface area contributed by atoms with Gasteiger partial charge >= 0.3 is 207 Å². The summed E-state index contributed by atoms with van der Waals surface area (Å²) in [6.45, 7) is -0.215. The number of halogens is 6. The molecular formula is C24H13BF4I2N2O. The van der Waals surface area contributed by atoms with E-state index < -0.39 is 40.6 Å². The van der Waals surface area contributed by atoms with Crippen molar-refractivity contribution in [3.63, 3.8) is 0 Å². The van der Waals surface area contributed by atoms with E-state index in [9.17, 15) is 5.72 Å². The predicted octanol–water partition coefficient (Wildman–Crippen LogP) is 7.07. The average molecular weight is 686 g/mol. The van der Waals surface area contributed by atoms with Crippen molar-refractivity contribution in [3.8, 4) is 17.2 Å². The Balaban J connectivity index is 1.71. The minimum absolute atomic E-state index is 0.215. The van der Waals surface area contributed by atoms with Gasteiger partial charge in [-0.2, -0.15) is 0 Å². The normalized spacial score (nSPS) is 14.5. The van der Waals surface area contributed by atoms with E-state index in [4.69, 9.17) is 4.74 Å². The summed E-state index contributed by atoms with van der Waals surface area (Å²) in [6.07, 6.45) is 0. The van der Waals surface area contributed by atoms with Gasteiger partial charge in [0, 0.05) is 0 Å². The summed E-state index contributed by atoms with van der Waals surface area (Å²) in [7, 11) is 0. The molecule has 34 heavy (non-hydrogen) atoms. The van der Waals surface area contributed by atoms with Crippen molar-refractivity contribution in [2.45, 2.75) is 0 Å². The Morgan fingerprint density at radius 2 is 1.59 bits per heavy atom. The fraction of sp³-hybridized carbons (Fsp3) is 0. The molecule has 0 saturated carbocycles. The van der Waals surface area contributed by atoms with Crippen LogP contribution in [0.2, 0.25) is 0 Å². The van der Waals surface area contributed by atoms with Gasteiger partial charge < -0.3 is 0 Å². The first-order valence-electron chi connectivity index (χ1n) is 10.4. The molecule has 0 fully saturated rings. The molecule has 5 aromatic rings. The van der Waals surface area contributed by atoms with E-state index in [2.05, 4.69) is 1.36 Å². The van der Waals surface area contributed by atoms with Crippen LogP contribution in [-0.4, -0.2) is 11.3 Å². The Labute approximate surface area is 206 Å². The number of hydrogen-bond acceptors (Lipinski definition) is 2. The number of benzene rings is 4. The van der Waals surface area contributed by atoms with E-state index in [1.54, 1.807) is 18.2 Å².